The normalized spacial score (nSPS) is 11.3. The Labute approximate surface area is 155 Å². The van der Waals surface area contributed by atoms with Crippen LogP contribution in [0.1, 0.15) is 22.4 Å². The molecule has 0 fully saturated rings. The highest BCUT2D eigenvalue weighted by Crippen LogP contribution is 2.36. The first-order chi connectivity index (χ1) is 12.5. The van der Waals surface area contributed by atoms with Crippen LogP contribution in [0.15, 0.2) is 60.9 Å². The SMILES string of the molecule is Cc1cc(C)c(-[n+]2ccccc2C)c(C)c1-c1c2ccccc2cn1C. The molecule has 2 aromatic heterocycles. The van der Waals surface area contributed by atoms with Gasteiger partial charge in [0, 0.05) is 54.4 Å². The van der Waals surface area contributed by atoms with E-state index in [1.807, 2.05) is 0 Å². The number of rotatable bonds is 2. The second-order valence-corrected chi connectivity index (χ2v) is 7.25. The first-order valence-electron chi connectivity index (χ1n) is 9.12. The summed E-state index contributed by atoms with van der Waals surface area (Å²) in [7, 11) is 2.15. The molecule has 0 N–H and O–H groups in total. The molecule has 2 heteroatoms. The molecule has 0 saturated carbocycles. The molecule has 26 heavy (non-hydrogen) atoms. The van der Waals surface area contributed by atoms with Crippen LogP contribution in [0, 0.1) is 27.7 Å². The first-order valence-corrected chi connectivity index (χ1v) is 9.12. The fourth-order valence-electron chi connectivity index (χ4n) is 4.29. The summed E-state index contributed by atoms with van der Waals surface area (Å²) in [5, 5.41) is 2.60. The molecule has 0 aliphatic heterocycles. The first kappa shape index (κ1) is 16.6. The van der Waals surface area contributed by atoms with Crippen LogP contribution in [0.4, 0.5) is 0 Å². The monoisotopic (exact) mass is 341 g/mol. The molecule has 0 radical (unpaired) electrons. The molecule has 2 aromatic carbocycles. The lowest BCUT2D eigenvalue weighted by Gasteiger charge is -2.16. The number of aromatic nitrogens is 2. The topological polar surface area (TPSA) is 8.81 Å². The van der Waals surface area contributed by atoms with E-state index in [2.05, 4.69) is 105 Å². The van der Waals surface area contributed by atoms with Crippen LogP contribution in [-0.4, -0.2) is 4.57 Å². The number of hydrogen-bond donors (Lipinski definition) is 0. The minimum Gasteiger partial charge on any atom is -0.349 e. The lowest BCUT2D eigenvalue weighted by atomic mass is 9.93. The van der Waals surface area contributed by atoms with Gasteiger partial charge in [0.05, 0.1) is 5.69 Å². The number of aryl methyl sites for hydroxylation is 4. The van der Waals surface area contributed by atoms with E-state index < -0.39 is 0 Å². The van der Waals surface area contributed by atoms with Gasteiger partial charge in [-0.25, -0.2) is 0 Å². The fourth-order valence-corrected chi connectivity index (χ4v) is 4.29. The van der Waals surface area contributed by atoms with Gasteiger partial charge in [-0.1, -0.05) is 30.3 Å². The fraction of sp³-hybridized carbons (Fsp3) is 0.208. The van der Waals surface area contributed by atoms with Crippen LogP contribution in [-0.2, 0) is 7.05 Å². The maximum Gasteiger partial charge on any atom is 0.217 e. The maximum atomic E-state index is 2.32. The second-order valence-electron chi connectivity index (χ2n) is 7.25. The zero-order valence-corrected chi connectivity index (χ0v) is 16.2. The smallest absolute Gasteiger partial charge is 0.217 e. The highest BCUT2D eigenvalue weighted by Gasteiger charge is 2.23. The summed E-state index contributed by atoms with van der Waals surface area (Å²) < 4.78 is 4.57. The van der Waals surface area contributed by atoms with Gasteiger partial charge in [0.15, 0.2) is 11.9 Å². The molecule has 4 aromatic rings. The number of nitrogens with zero attached hydrogens (tertiary/aromatic N) is 2. The van der Waals surface area contributed by atoms with Crippen LogP contribution in [0.25, 0.3) is 27.7 Å². The van der Waals surface area contributed by atoms with Crippen molar-refractivity contribution in [1.29, 1.82) is 0 Å². The van der Waals surface area contributed by atoms with Crippen molar-refractivity contribution in [2.24, 2.45) is 7.05 Å². The molecule has 4 rings (SSSR count). The van der Waals surface area contributed by atoms with Gasteiger partial charge >= 0.3 is 0 Å². The van der Waals surface area contributed by atoms with E-state index in [9.17, 15) is 0 Å². The molecule has 2 heterocycles. The summed E-state index contributed by atoms with van der Waals surface area (Å²) in [6, 6.07) is 17.3. The Morgan fingerprint density at radius 3 is 2.35 bits per heavy atom. The van der Waals surface area contributed by atoms with Crippen LogP contribution >= 0.6 is 0 Å². The number of pyridine rings is 1. The van der Waals surface area contributed by atoms with Crippen LogP contribution in [0.5, 0.6) is 0 Å². The maximum absolute atomic E-state index is 2.32. The average molecular weight is 341 g/mol. The Kier molecular flexibility index (Phi) is 3.91. The standard InChI is InChI=1S/C24H25N2/c1-16-14-17(2)23(26-13-9-8-10-18(26)3)19(4)22(16)24-21-12-7-6-11-20(21)15-25(24)5/h6-15H,1-5H3/q+1. The average Bonchev–Trinajstić information content (AvgIpc) is 2.92. The van der Waals surface area contributed by atoms with Gasteiger partial charge in [0.2, 0.25) is 5.69 Å². The Balaban J connectivity index is 2.09. The Morgan fingerprint density at radius 2 is 1.58 bits per heavy atom. The highest BCUT2D eigenvalue weighted by molar-refractivity contribution is 5.98. The van der Waals surface area contributed by atoms with Crippen molar-refractivity contribution in [1.82, 2.24) is 4.57 Å². The van der Waals surface area contributed by atoms with Gasteiger partial charge in [0.25, 0.3) is 0 Å². The van der Waals surface area contributed by atoms with E-state index in [1.165, 1.54) is 50.1 Å². The van der Waals surface area contributed by atoms with Crippen molar-refractivity contribution in [3.05, 3.63) is 83.3 Å². The van der Waals surface area contributed by atoms with Gasteiger partial charge in [-0.3, -0.25) is 0 Å². The molecule has 130 valence electrons. The van der Waals surface area contributed by atoms with E-state index in [-0.39, 0.29) is 0 Å². The molecule has 0 amide bonds. The second kappa shape index (κ2) is 6.14. The predicted octanol–water partition coefficient (Wildman–Crippen LogP) is 5.36. The minimum absolute atomic E-state index is 1.24. The molecule has 0 bridgehead atoms. The van der Waals surface area contributed by atoms with Gasteiger partial charge < -0.3 is 4.57 Å². The molecule has 0 spiro atoms. The summed E-state index contributed by atoms with van der Waals surface area (Å²) in [6.45, 7) is 8.85. The third-order valence-corrected chi connectivity index (χ3v) is 5.37. The summed E-state index contributed by atoms with van der Waals surface area (Å²) in [5.41, 5.74) is 9.12. The van der Waals surface area contributed by atoms with Crippen molar-refractivity contribution < 1.29 is 4.57 Å². The van der Waals surface area contributed by atoms with E-state index in [1.54, 1.807) is 0 Å². The highest BCUT2D eigenvalue weighted by atomic mass is 15.0. The Morgan fingerprint density at radius 1 is 0.846 bits per heavy atom. The van der Waals surface area contributed by atoms with Gasteiger partial charge in [-0.15, -0.1) is 0 Å². The van der Waals surface area contributed by atoms with Crippen molar-refractivity contribution in [3.8, 4) is 16.9 Å². The van der Waals surface area contributed by atoms with Crippen molar-refractivity contribution in [2.75, 3.05) is 0 Å². The molecule has 0 unspecified atom stereocenters. The quantitative estimate of drug-likeness (QED) is 0.434. The minimum atomic E-state index is 1.24. The van der Waals surface area contributed by atoms with Crippen LogP contribution in [0.2, 0.25) is 0 Å². The lowest BCUT2D eigenvalue weighted by molar-refractivity contribution is -0.603. The molecule has 0 saturated heterocycles. The molecule has 0 atom stereocenters. The van der Waals surface area contributed by atoms with Crippen LogP contribution < -0.4 is 4.57 Å². The zero-order valence-electron chi connectivity index (χ0n) is 16.2. The molecular formula is C24H25N2+. The van der Waals surface area contributed by atoms with E-state index in [0.29, 0.717) is 0 Å². The van der Waals surface area contributed by atoms with E-state index in [0.717, 1.165) is 0 Å². The van der Waals surface area contributed by atoms with Gasteiger partial charge in [-0.2, -0.15) is 4.57 Å². The molecular weight excluding hydrogens is 316 g/mol. The van der Waals surface area contributed by atoms with Gasteiger partial charge in [-0.05, 0) is 37.8 Å². The largest absolute Gasteiger partial charge is 0.349 e. The third-order valence-electron chi connectivity index (χ3n) is 5.37. The molecule has 0 aliphatic rings. The van der Waals surface area contributed by atoms with Crippen molar-refractivity contribution >= 4 is 10.8 Å². The Hall–Kier alpha value is -2.87. The summed E-state index contributed by atoms with van der Waals surface area (Å²) >= 11 is 0. The predicted molar refractivity (Wildman–Crippen MR) is 109 cm³/mol. The van der Waals surface area contributed by atoms with Gasteiger partial charge in [0.1, 0.15) is 0 Å². The van der Waals surface area contributed by atoms with E-state index in [4.69, 9.17) is 0 Å². The van der Waals surface area contributed by atoms with Crippen LogP contribution in [0.3, 0.4) is 0 Å². The Bertz CT molecular complexity index is 1130. The number of hydrogen-bond acceptors (Lipinski definition) is 0. The van der Waals surface area contributed by atoms with Crippen molar-refractivity contribution in [2.45, 2.75) is 27.7 Å². The summed E-state index contributed by atoms with van der Waals surface area (Å²) in [5.74, 6) is 0. The summed E-state index contributed by atoms with van der Waals surface area (Å²) in [6.07, 6.45) is 4.39. The lowest BCUT2D eigenvalue weighted by Crippen LogP contribution is -2.35. The third kappa shape index (κ3) is 2.45. The van der Waals surface area contributed by atoms with E-state index >= 15 is 0 Å². The molecule has 0 aliphatic carbocycles. The zero-order chi connectivity index (χ0) is 18.4. The molecule has 2 nitrogen and oxygen atoms in total. The summed E-state index contributed by atoms with van der Waals surface area (Å²) in [4.78, 5) is 0. The number of benzene rings is 2. The van der Waals surface area contributed by atoms with Crippen molar-refractivity contribution in [3.63, 3.8) is 0 Å². The number of fused-ring (bicyclic) bond motifs is 1.